The molecule has 1 aliphatic rings. The Morgan fingerprint density at radius 2 is 2.05 bits per heavy atom. The highest BCUT2D eigenvalue weighted by Crippen LogP contribution is 2.10. The summed E-state index contributed by atoms with van der Waals surface area (Å²) >= 11 is 0. The van der Waals surface area contributed by atoms with Gasteiger partial charge in [-0.05, 0) is 25.9 Å². The minimum atomic E-state index is 0.139. The van der Waals surface area contributed by atoms with E-state index in [1.54, 1.807) is 23.3 Å². The molecule has 0 radical (unpaired) electrons. The maximum absolute atomic E-state index is 5.67. The third kappa shape index (κ3) is 3.02. The quantitative estimate of drug-likeness (QED) is 0.827. The largest absolute Gasteiger partial charge is 0.462 e. The highest BCUT2D eigenvalue weighted by Gasteiger charge is 2.12. The lowest BCUT2D eigenvalue weighted by Crippen LogP contribution is -2.25. The summed E-state index contributed by atoms with van der Waals surface area (Å²) < 4.78 is 7.23. The molecular weight excluding hydrogens is 258 g/mol. The number of imidazole rings is 1. The Morgan fingerprint density at radius 1 is 1.20 bits per heavy atom. The van der Waals surface area contributed by atoms with Gasteiger partial charge in [0.15, 0.2) is 0 Å². The number of nitrogen functional groups attached to an aromatic ring is 1. The predicted octanol–water partition coefficient (Wildman–Crippen LogP) is 0.114. The van der Waals surface area contributed by atoms with Crippen LogP contribution in [0.5, 0.6) is 6.01 Å². The molecule has 8 nitrogen and oxygen atoms in total. The fraction of sp³-hybridized carbons (Fsp3) is 0.500. The number of ether oxygens (including phenoxy) is 1. The van der Waals surface area contributed by atoms with Gasteiger partial charge in [-0.2, -0.15) is 15.0 Å². The second-order valence-electron chi connectivity index (χ2n) is 4.64. The van der Waals surface area contributed by atoms with Crippen LogP contribution in [0.3, 0.4) is 0 Å². The van der Waals surface area contributed by atoms with Gasteiger partial charge in [-0.15, -0.1) is 0 Å². The SMILES string of the molecule is Nc1nc(OCCN2CCCC2)nc(-n2ccnc2)n1. The van der Waals surface area contributed by atoms with E-state index in [-0.39, 0.29) is 12.0 Å². The number of aromatic nitrogens is 5. The van der Waals surface area contributed by atoms with E-state index in [9.17, 15) is 0 Å². The van der Waals surface area contributed by atoms with Crippen LogP contribution in [0.4, 0.5) is 5.95 Å². The summed E-state index contributed by atoms with van der Waals surface area (Å²) in [5, 5.41) is 0. The molecule has 1 aliphatic heterocycles. The molecule has 20 heavy (non-hydrogen) atoms. The Labute approximate surface area is 116 Å². The third-order valence-corrected chi connectivity index (χ3v) is 3.19. The molecule has 0 amide bonds. The van der Waals surface area contributed by atoms with Crippen molar-refractivity contribution in [2.75, 3.05) is 32.0 Å². The molecule has 0 atom stereocenters. The Kier molecular flexibility index (Phi) is 3.73. The average molecular weight is 275 g/mol. The van der Waals surface area contributed by atoms with Crippen LogP contribution in [-0.2, 0) is 0 Å². The minimum Gasteiger partial charge on any atom is -0.462 e. The second-order valence-corrected chi connectivity index (χ2v) is 4.64. The zero-order valence-corrected chi connectivity index (χ0v) is 11.1. The van der Waals surface area contributed by atoms with Gasteiger partial charge in [0, 0.05) is 18.9 Å². The summed E-state index contributed by atoms with van der Waals surface area (Å²) in [4.78, 5) is 18.6. The van der Waals surface area contributed by atoms with E-state index in [2.05, 4.69) is 24.8 Å². The molecule has 106 valence electrons. The van der Waals surface area contributed by atoms with E-state index < -0.39 is 0 Å². The first-order chi connectivity index (χ1) is 9.81. The summed E-state index contributed by atoms with van der Waals surface area (Å²) in [7, 11) is 0. The summed E-state index contributed by atoms with van der Waals surface area (Å²) in [5.41, 5.74) is 5.67. The van der Waals surface area contributed by atoms with Gasteiger partial charge in [-0.25, -0.2) is 4.98 Å². The van der Waals surface area contributed by atoms with Crippen molar-refractivity contribution in [2.24, 2.45) is 0 Å². The van der Waals surface area contributed by atoms with Crippen molar-refractivity contribution < 1.29 is 4.74 Å². The molecule has 8 heteroatoms. The molecule has 3 heterocycles. The Bertz CT molecular complexity index is 551. The molecule has 0 spiro atoms. The Balaban J connectivity index is 1.63. The lowest BCUT2D eigenvalue weighted by molar-refractivity contribution is 0.225. The summed E-state index contributed by atoms with van der Waals surface area (Å²) in [6.45, 7) is 3.71. The van der Waals surface area contributed by atoms with E-state index in [1.165, 1.54) is 12.8 Å². The van der Waals surface area contributed by atoms with Crippen LogP contribution < -0.4 is 10.5 Å². The predicted molar refractivity (Wildman–Crippen MR) is 72.5 cm³/mol. The maximum Gasteiger partial charge on any atom is 0.323 e. The first kappa shape index (κ1) is 12.8. The van der Waals surface area contributed by atoms with Gasteiger partial charge >= 0.3 is 6.01 Å². The van der Waals surface area contributed by atoms with Crippen molar-refractivity contribution in [3.8, 4) is 12.0 Å². The van der Waals surface area contributed by atoms with Crippen molar-refractivity contribution >= 4 is 5.95 Å². The molecule has 2 aromatic rings. The Hall–Kier alpha value is -2.22. The number of rotatable bonds is 5. The molecule has 1 saturated heterocycles. The number of hydrogen-bond donors (Lipinski definition) is 1. The summed E-state index contributed by atoms with van der Waals surface area (Å²) in [6, 6.07) is 0.250. The van der Waals surface area contributed by atoms with E-state index in [4.69, 9.17) is 10.5 Å². The molecule has 0 aromatic carbocycles. The second kappa shape index (κ2) is 5.83. The van der Waals surface area contributed by atoms with Gasteiger partial charge in [0.2, 0.25) is 11.9 Å². The minimum absolute atomic E-state index is 0.139. The van der Waals surface area contributed by atoms with E-state index in [0.29, 0.717) is 12.6 Å². The molecule has 3 rings (SSSR count). The van der Waals surface area contributed by atoms with Crippen LogP contribution in [0.25, 0.3) is 5.95 Å². The number of anilines is 1. The maximum atomic E-state index is 5.67. The first-order valence-corrected chi connectivity index (χ1v) is 6.66. The van der Waals surface area contributed by atoms with Crippen LogP contribution in [0.15, 0.2) is 18.7 Å². The lowest BCUT2D eigenvalue weighted by Gasteiger charge is -2.14. The van der Waals surface area contributed by atoms with Gasteiger partial charge in [-0.1, -0.05) is 0 Å². The Morgan fingerprint density at radius 3 is 2.80 bits per heavy atom. The van der Waals surface area contributed by atoms with Crippen LogP contribution >= 0.6 is 0 Å². The zero-order valence-electron chi connectivity index (χ0n) is 11.1. The molecule has 0 unspecified atom stereocenters. The van der Waals surface area contributed by atoms with Gasteiger partial charge in [-0.3, -0.25) is 9.47 Å². The van der Waals surface area contributed by atoms with Crippen molar-refractivity contribution in [1.82, 2.24) is 29.4 Å². The smallest absolute Gasteiger partial charge is 0.323 e. The normalized spacial score (nSPS) is 15.6. The summed E-state index contributed by atoms with van der Waals surface area (Å²) in [6.07, 6.45) is 7.52. The van der Waals surface area contributed by atoms with E-state index >= 15 is 0 Å². The molecule has 2 aromatic heterocycles. The molecule has 1 fully saturated rings. The van der Waals surface area contributed by atoms with Gasteiger partial charge in [0.25, 0.3) is 0 Å². The average Bonchev–Trinajstić information content (AvgIpc) is 3.11. The number of nitrogens with zero attached hydrogens (tertiary/aromatic N) is 6. The zero-order chi connectivity index (χ0) is 13.8. The van der Waals surface area contributed by atoms with Gasteiger partial charge < -0.3 is 10.5 Å². The van der Waals surface area contributed by atoms with Crippen molar-refractivity contribution in [1.29, 1.82) is 0 Å². The fourth-order valence-corrected chi connectivity index (χ4v) is 2.19. The van der Waals surface area contributed by atoms with Crippen LogP contribution in [0, 0.1) is 0 Å². The third-order valence-electron chi connectivity index (χ3n) is 3.19. The fourth-order valence-electron chi connectivity index (χ4n) is 2.19. The molecule has 0 aliphatic carbocycles. The number of likely N-dealkylation sites (tertiary alicyclic amines) is 1. The van der Waals surface area contributed by atoms with E-state index in [1.807, 2.05) is 0 Å². The van der Waals surface area contributed by atoms with Gasteiger partial charge in [0.05, 0.1) is 0 Å². The van der Waals surface area contributed by atoms with Gasteiger partial charge in [0.1, 0.15) is 12.9 Å². The van der Waals surface area contributed by atoms with Crippen LogP contribution in [0.1, 0.15) is 12.8 Å². The molecule has 2 N–H and O–H groups in total. The van der Waals surface area contributed by atoms with Crippen molar-refractivity contribution in [3.05, 3.63) is 18.7 Å². The van der Waals surface area contributed by atoms with Crippen molar-refractivity contribution in [2.45, 2.75) is 12.8 Å². The molecular formula is C12H17N7O. The first-order valence-electron chi connectivity index (χ1n) is 6.66. The highest BCUT2D eigenvalue weighted by atomic mass is 16.5. The van der Waals surface area contributed by atoms with Crippen LogP contribution in [-0.4, -0.2) is 55.6 Å². The summed E-state index contributed by atoms with van der Waals surface area (Å²) in [5.74, 6) is 0.547. The van der Waals surface area contributed by atoms with E-state index in [0.717, 1.165) is 19.6 Å². The lowest BCUT2D eigenvalue weighted by atomic mass is 10.4. The highest BCUT2D eigenvalue weighted by molar-refractivity contribution is 5.24. The number of hydrogen-bond acceptors (Lipinski definition) is 7. The topological polar surface area (TPSA) is 95.0 Å². The molecule has 0 bridgehead atoms. The van der Waals surface area contributed by atoms with Crippen LogP contribution in [0.2, 0.25) is 0 Å². The monoisotopic (exact) mass is 275 g/mol. The standard InChI is InChI=1S/C12H17N7O/c13-10-15-11(19-6-3-14-9-19)17-12(16-10)20-8-7-18-4-1-2-5-18/h3,6,9H,1-2,4-5,7-8H2,(H2,13,15,16,17). The molecule has 0 saturated carbocycles. The number of nitrogens with two attached hydrogens (primary N) is 1. The van der Waals surface area contributed by atoms with Crippen molar-refractivity contribution in [3.63, 3.8) is 0 Å².